The first-order valence-corrected chi connectivity index (χ1v) is 10.4. The van der Waals surface area contributed by atoms with Crippen LogP contribution in [0.3, 0.4) is 0 Å². The summed E-state index contributed by atoms with van der Waals surface area (Å²) < 4.78 is 33.6. The Balaban J connectivity index is 0.000000318. The Bertz CT molecular complexity index is 850. The summed E-state index contributed by atoms with van der Waals surface area (Å²) in [5.74, 6) is -2.65. The largest absolute Gasteiger partial charge is 0.490 e. The van der Waals surface area contributed by atoms with Crippen molar-refractivity contribution in [3.8, 4) is 0 Å². The van der Waals surface area contributed by atoms with E-state index in [1.54, 1.807) is 17.5 Å². The Kier molecular flexibility index (Phi) is 7.08. The zero-order chi connectivity index (χ0) is 21.7. The Morgan fingerprint density at radius 2 is 1.97 bits per heavy atom. The second-order valence-corrected chi connectivity index (χ2v) is 8.15. The smallest absolute Gasteiger partial charge is 0.475 e. The normalized spacial score (nSPS) is 19.6. The first kappa shape index (κ1) is 22.2. The zero-order valence-corrected chi connectivity index (χ0v) is 16.8. The molecule has 0 saturated heterocycles. The Labute approximate surface area is 174 Å². The number of nitrogens with zero attached hydrogens (tertiary/aromatic N) is 4. The van der Waals surface area contributed by atoms with Gasteiger partial charge in [-0.05, 0) is 18.9 Å². The standard InChI is InChI=1S/C16H21N5OS.C2HF3O2/c22-16(19-12-3-1-2-4-12)14-10-20(11-15-17-7-8-23-15)9-13-5-6-18-21(13)14;3-2(4,5)1(6)7/h5-8,12,14H,1-4,9-11H2,(H,19,22);(H,6,7). The SMILES string of the molecule is O=C(NC1CCCC1)C1CN(Cc2nccs2)Cc2ccnn21.O=C(O)C(F)(F)F. The second-order valence-electron chi connectivity index (χ2n) is 7.17. The lowest BCUT2D eigenvalue weighted by Crippen LogP contribution is -2.46. The molecule has 2 aliphatic rings. The van der Waals surface area contributed by atoms with E-state index < -0.39 is 12.1 Å². The summed E-state index contributed by atoms with van der Waals surface area (Å²) >= 11 is 1.66. The summed E-state index contributed by atoms with van der Waals surface area (Å²) in [6.45, 7) is 2.29. The molecule has 0 aromatic carbocycles. The van der Waals surface area contributed by atoms with Gasteiger partial charge in [-0.1, -0.05) is 12.8 Å². The third kappa shape index (κ3) is 5.79. The van der Waals surface area contributed by atoms with Gasteiger partial charge in [0.05, 0.1) is 12.2 Å². The molecule has 2 aromatic rings. The summed E-state index contributed by atoms with van der Waals surface area (Å²) in [6, 6.07) is 2.11. The molecule has 164 valence electrons. The van der Waals surface area contributed by atoms with Crippen molar-refractivity contribution in [3.05, 3.63) is 34.5 Å². The first-order valence-electron chi connectivity index (χ1n) is 9.47. The van der Waals surface area contributed by atoms with Crippen LogP contribution in [0.5, 0.6) is 0 Å². The number of carbonyl (C=O) groups excluding carboxylic acids is 1. The molecule has 0 radical (unpaired) electrons. The molecule has 1 aliphatic heterocycles. The summed E-state index contributed by atoms with van der Waals surface area (Å²) in [4.78, 5) is 28.3. The number of nitrogens with one attached hydrogen (secondary N) is 1. The molecule has 0 spiro atoms. The third-order valence-corrected chi connectivity index (χ3v) is 5.72. The highest BCUT2D eigenvalue weighted by atomic mass is 32.1. The molecule has 1 saturated carbocycles. The molecular formula is C18H22F3N5O3S. The van der Waals surface area contributed by atoms with Gasteiger partial charge in [-0.15, -0.1) is 11.3 Å². The van der Waals surface area contributed by atoms with Crippen LogP contribution in [0.15, 0.2) is 23.8 Å². The van der Waals surface area contributed by atoms with Crippen molar-refractivity contribution in [1.29, 1.82) is 0 Å². The van der Waals surface area contributed by atoms with Crippen molar-refractivity contribution in [3.63, 3.8) is 0 Å². The van der Waals surface area contributed by atoms with Crippen molar-refractivity contribution in [2.24, 2.45) is 0 Å². The number of amides is 1. The van der Waals surface area contributed by atoms with Crippen molar-refractivity contribution < 1.29 is 27.9 Å². The zero-order valence-electron chi connectivity index (χ0n) is 16.0. The highest BCUT2D eigenvalue weighted by Gasteiger charge is 2.38. The average molecular weight is 445 g/mol. The second kappa shape index (κ2) is 9.56. The van der Waals surface area contributed by atoms with Gasteiger partial charge in [-0.2, -0.15) is 18.3 Å². The molecule has 1 amide bonds. The number of aliphatic carboxylic acids is 1. The van der Waals surface area contributed by atoms with Crippen LogP contribution in [-0.2, 0) is 22.7 Å². The fraction of sp³-hybridized carbons (Fsp3) is 0.556. The fourth-order valence-corrected chi connectivity index (χ4v) is 4.22. The number of aromatic nitrogens is 3. The molecule has 1 aliphatic carbocycles. The summed E-state index contributed by atoms with van der Waals surface area (Å²) in [5, 5.41) is 17.8. The predicted molar refractivity (Wildman–Crippen MR) is 102 cm³/mol. The van der Waals surface area contributed by atoms with Crippen LogP contribution >= 0.6 is 11.3 Å². The molecule has 4 rings (SSSR count). The van der Waals surface area contributed by atoms with Crippen LogP contribution < -0.4 is 5.32 Å². The Morgan fingerprint density at radius 1 is 1.27 bits per heavy atom. The lowest BCUT2D eigenvalue weighted by atomic mass is 10.1. The van der Waals surface area contributed by atoms with E-state index in [2.05, 4.69) is 20.3 Å². The number of rotatable bonds is 4. The highest BCUT2D eigenvalue weighted by molar-refractivity contribution is 7.09. The molecule has 8 nitrogen and oxygen atoms in total. The topological polar surface area (TPSA) is 100 Å². The number of alkyl halides is 3. The molecule has 1 fully saturated rings. The molecule has 0 bridgehead atoms. The van der Waals surface area contributed by atoms with Crippen LogP contribution in [0.1, 0.15) is 42.4 Å². The van der Waals surface area contributed by atoms with E-state index in [1.165, 1.54) is 12.8 Å². The van der Waals surface area contributed by atoms with Gasteiger partial charge in [-0.3, -0.25) is 14.4 Å². The molecule has 12 heteroatoms. The Hall–Kier alpha value is -2.47. The van der Waals surface area contributed by atoms with Crippen LogP contribution in [0, 0.1) is 0 Å². The number of hydrogen-bond donors (Lipinski definition) is 2. The number of fused-ring (bicyclic) bond motifs is 1. The lowest BCUT2D eigenvalue weighted by Gasteiger charge is -2.33. The highest BCUT2D eigenvalue weighted by Crippen LogP contribution is 2.24. The summed E-state index contributed by atoms with van der Waals surface area (Å²) in [7, 11) is 0. The van der Waals surface area contributed by atoms with Gasteiger partial charge in [0.15, 0.2) is 0 Å². The van der Waals surface area contributed by atoms with Crippen LogP contribution in [-0.4, -0.2) is 55.4 Å². The van der Waals surface area contributed by atoms with E-state index in [0.717, 1.165) is 36.6 Å². The molecule has 1 atom stereocenters. The van der Waals surface area contributed by atoms with Crippen LogP contribution in [0.2, 0.25) is 0 Å². The number of carboxylic acids is 1. The fourth-order valence-electron chi connectivity index (χ4n) is 3.57. The van der Waals surface area contributed by atoms with Gasteiger partial charge < -0.3 is 10.4 Å². The van der Waals surface area contributed by atoms with E-state index in [4.69, 9.17) is 9.90 Å². The van der Waals surface area contributed by atoms with Crippen molar-refractivity contribution in [2.75, 3.05) is 6.54 Å². The van der Waals surface area contributed by atoms with Crippen LogP contribution in [0.25, 0.3) is 0 Å². The minimum Gasteiger partial charge on any atom is -0.475 e. The van der Waals surface area contributed by atoms with Crippen molar-refractivity contribution in [2.45, 2.75) is 57.0 Å². The van der Waals surface area contributed by atoms with E-state index in [0.29, 0.717) is 12.6 Å². The minimum atomic E-state index is -5.08. The van der Waals surface area contributed by atoms with Gasteiger partial charge in [0.25, 0.3) is 0 Å². The average Bonchev–Trinajstić information content (AvgIpc) is 3.43. The molecule has 30 heavy (non-hydrogen) atoms. The number of halogens is 3. The maximum atomic E-state index is 12.8. The minimum absolute atomic E-state index is 0.102. The van der Waals surface area contributed by atoms with Gasteiger partial charge >= 0.3 is 12.1 Å². The van der Waals surface area contributed by atoms with Gasteiger partial charge in [-0.25, -0.2) is 9.78 Å². The third-order valence-electron chi connectivity index (χ3n) is 4.95. The number of thiazole rings is 1. The first-order chi connectivity index (χ1) is 14.2. The van der Waals surface area contributed by atoms with Gasteiger partial charge in [0, 0.05) is 36.9 Å². The molecule has 2 N–H and O–H groups in total. The van der Waals surface area contributed by atoms with Crippen molar-refractivity contribution >= 4 is 23.2 Å². The molecule has 3 heterocycles. The monoisotopic (exact) mass is 445 g/mol. The quantitative estimate of drug-likeness (QED) is 0.751. The molecule has 1 unspecified atom stereocenters. The van der Waals surface area contributed by atoms with E-state index >= 15 is 0 Å². The molecule has 2 aromatic heterocycles. The maximum Gasteiger partial charge on any atom is 0.490 e. The maximum absolute atomic E-state index is 12.8. The van der Waals surface area contributed by atoms with Gasteiger partial charge in [0.1, 0.15) is 11.0 Å². The predicted octanol–water partition coefficient (Wildman–Crippen LogP) is 2.59. The van der Waals surface area contributed by atoms with E-state index in [1.807, 2.05) is 22.3 Å². The number of carboxylic acid groups (broad SMARTS) is 1. The summed E-state index contributed by atoms with van der Waals surface area (Å²) in [6.07, 6.45) is 3.19. The van der Waals surface area contributed by atoms with E-state index in [-0.39, 0.29) is 11.9 Å². The van der Waals surface area contributed by atoms with Crippen LogP contribution in [0.4, 0.5) is 13.2 Å². The number of hydrogen-bond acceptors (Lipinski definition) is 6. The Morgan fingerprint density at radius 3 is 2.57 bits per heavy atom. The van der Waals surface area contributed by atoms with E-state index in [9.17, 15) is 18.0 Å². The van der Waals surface area contributed by atoms with Gasteiger partial charge in [0.2, 0.25) is 5.91 Å². The number of carbonyl (C=O) groups is 2. The summed E-state index contributed by atoms with van der Waals surface area (Å²) in [5.41, 5.74) is 1.10. The molecular weight excluding hydrogens is 423 g/mol. The lowest BCUT2D eigenvalue weighted by molar-refractivity contribution is -0.192. The van der Waals surface area contributed by atoms with Crippen molar-refractivity contribution in [1.82, 2.24) is 25.0 Å².